The van der Waals surface area contributed by atoms with Crippen LogP contribution in [0.4, 0.5) is 0 Å². The Morgan fingerprint density at radius 2 is 0.792 bits per heavy atom. The van der Waals surface area contributed by atoms with E-state index >= 15 is 0 Å². The van der Waals surface area contributed by atoms with Crippen LogP contribution in [0.15, 0.2) is 171 Å². The van der Waals surface area contributed by atoms with E-state index in [2.05, 4.69) is 39.9 Å². The van der Waals surface area contributed by atoms with Crippen LogP contribution in [-0.2, 0) is 0 Å². The van der Waals surface area contributed by atoms with Gasteiger partial charge in [-0.2, -0.15) is 0 Å². The van der Waals surface area contributed by atoms with Gasteiger partial charge in [-0.3, -0.25) is 29.9 Å². The van der Waals surface area contributed by atoms with Crippen LogP contribution in [0, 0.1) is 41.5 Å². The van der Waals surface area contributed by atoms with Crippen LogP contribution in [0.3, 0.4) is 0 Å². The van der Waals surface area contributed by atoms with Crippen molar-refractivity contribution in [3.05, 3.63) is 205 Å². The highest BCUT2D eigenvalue weighted by Crippen LogP contribution is 1.90. The fraction of sp³-hybridized carbons (Fsp3) is 0.150. The van der Waals surface area contributed by atoms with Crippen LogP contribution in [0.5, 0.6) is 0 Å². The molecular formula is C40H46N8. The fourth-order valence-corrected chi connectivity index (χ4v) is 2.90. The molecule has 7 rings (SSSR count). The molecule has 0 fully saturated rings. The van der Waals surface area contributed by atoms with Gasteiger partial charge in [0.05, 0.1) is 5.69 Å². The molecule has 8 nitrogen and oxygen atoms in total. The standard InChI is InChI=1S/4C6H7N.C6H6.2C5H6N2/c1-6-2-4-7-5-3-6;1-6-3-2-4-7-5-6;2*1-6-4-2-3-5-7-6;1-2-4-6-5-3-1;1-5-4-6-2-3-7-5;1-5-6-3-2-4-7-5/h4*2-5H,1H3;1-6H;2*2-4H,1H3. The second kappa shape index (κ2) is 28.5. The van der Waals surface area contributed by atoms with Crippen molar-refractivity contribution in [3.63, 3.8) is 0 Å². The van der Waals surface area contributed by atoms with Crippen molar-refractivity contribution >= 4 is 0 Å². The summed E-state index contributed by atoms with van der Waals surface area (Å²) in [7, 11) is 0. The molecule has 0 spiro atoms. The Hall–Kier alpha value is -6.02. The number of pyridine rings is 4. The minimum atomic E-state index is 0.822. The highest BCUT2D eigenvalue weighted by molar-refractivity contribution is 5.06. The molecule has 0 N–H and O–H groups in total. The molecule has 6 heterocycles. The van der Waals surface area contributed by atoms with Gasteiger partial charge in [-0.25, -0.2) is 9.97 Å². The highest BCUT2D eigenvalue weighted by Gasteiger charge is 1.77. The van der Waals surface area contributed by atoms with E-state index in [0.29, 0.717) is 0 Å². The van der Waals surface area contributed by atoms with Crippen molar-refractivity contribution in [2.24, 2.45) is 0 Å². The molecule has 0 aliphatic heterocycles. The van der Waals surface area contributed by atoms with Crippen LogP contribution >= 0.6 is 0 Å². The monoisotopic (exact) mass is 638 g/mol. The number of aromatic nitrogens is 8. The molecule has 8 heteroatoms. The number of nitrogens with zero attached hydrogens (tertiary/aromatic N) is 8. The molecule has 7 aromatic rings. The number of rotatable bonds is 0. The van der Waals surface area contributed by atoms with Gasteiger partial charge in [0.15, 0.2) is 0 Å². The average Bonchev–Trinajstić information content (AvgIpc) is 3.13. The molecule has 48 heavy (non-hydrogen) atoms. The van der Waals surface area contributed by atoms with E-state index in [4.69, 9.17) is 0 Å². The number of hydrogen-bond acceptors (Lipinski definition) is 8. The zero-order chi connectivity index (χ0) is 34.9. The maximum Gasteiger partial charge on any atom is 0.125 e. The fourth-order valence-electron chi connectivity index (χ4n) is 2.90. The zero-order valence-electron chi connectivity index (χ0n) is 28.7. The normalized spacial score (nSPS) is 8.62. The summed E-state index contributed by atoms with van der Waals surface area (Å²) in [5.41, 5.74) is 5.57. The third-order valence-electron chi connectivity index (χ3n) is 5.34. The lowest BCUT2D eigenvalue weighted by molar-refractivity contribution is 1.05. The molecule has 0 aliphatic carbocycles. The third-order valence-corrected chi connectivity index (χ3v) is 5.34. The van der Waals surface area contributed by atoms with Gasteiger partial charge in [0.1, 0.15) is 5.82 Å². The molecule has 0 saturated carbocycles. The minimum absolute atomic E-state index is 0.822. The lowest BCUT2D eigenvalue weighted by atomic mass is 10.3. The Morgan fingerprint density at radius 1 is 0.292 bits per heavy atom. The molecule has 0 bridgehead atoms. The van der Waals surface area contributed by atoms with Gasteiger partial charge in [-0.1, -0.05) is 54.6 Å². The minimum Gasteiger partial charge on any atom is -0.265 e. The quantitative estimate of drug-likeness (QED) is 0.162. The number of hydrogen-bond donors (Lipinski definition) is 0. The third kappa shape index (κ3) is 26.4. The van der Waals surface area contributed by atoms with E-state index in [1.807, 2.05) is 145 Å². The Labute approximate surface area is 286 Å². The largest absolute Gasteiger partial charge is 0.265 e. The van der Waals surface area contributed by atoms with Crippen molar-refractivity contribution in [2.45, 2.75) is 41.5 Å². The Balaban J connectivity index is 0.000000280. The smallest absolute Gasteiger partial charge is 0.125 e. The predicted molar refractivity (Wildman–Crippen MR) is 196 cm³/mol. The molecule has 0 atom stereocenters. The average molecular weight is 639 g/mol. The highest BCUT2D eigenvalue weighted by atomic mass is 14.8. The van der Waals surface area contributed by atoms with Crippen LogP contribution in [0.1, 0.15) is 34.0 Å². The zero-order valence-corrected chi connectivity index (χ0v) is 28.7. The molecule has 6 aromatic heterocycles. The van der Waals surface area contributed by atoms with Crippen molar-refractivity contribution in [3.8, 4) is 0 Å². The molecular weight excluding hydrogens is 592 g/mol. The van der Waals surface area contributed by atoms with Crippen LogP contribution in [-0.4, -0.2) is 39.9 Å². The maximum absolute atomic E-state index is 3.98. The van der Waals surface area contributed by atoms with Crippen molar-refractivity contribution < 1.29 is 0 Å². The molecule has 246 valence electrons. The molecule has 0 unspecified atom stereocenters. The van der Waals surface area contributed by atoms with Crippen molar-refractivity contribution in [2.75, 3.05) is 0 Å². The SMILES string of the molecule is Cc1ccccn1.Cc1ccccn1.Cc1cccnc1.Cc1ccncc1.Cc1cnccn1.Cc1ncccn1.c1ccccc1. The Bertz CT molecular complexity index is 1310. The van der Waals surface area contributed by atoms with Gasteiger partial charge in [0, 0.05) is 79.6 Å². The second-order valence-corrected chi connectivity index (χ2v) is 9.79. The summed E-state index contributed by atoms with van der Waals surface area (Å²) >= 11 is 0. The summed E-state index contributed by atoms with van der Waals surface area (Å²) in [5, 5.41) is 0. The van der Waals surface area contributed by atoms with Gasteiger partial charge in [0.2, 0.25) is 0 Å². The Kier molecular flexibility index (Phi) is 23.7. The molecule has 0 saturated heterocycles. The first-order valence-electron chi connectivity index (χ1n) is 15.3. The summed E-state index contributed by atoms with van der Waals surface area (Å²) in [6.07, 6.45) is 19.3. The summed E-state index contributed by atoms with van der Waals surface area (Å²) in [6, 6.07) is 33.4. The van der Waals surface area contributed by atoms with Gasteiger partial charge in [0.25, 0.3) is 0 Å². The van der Waals surface area contributed by atoms with Crippen LogP contribution in [0.2, 0.25) is 0 Å². The van der Waals surface area contributed by atoms with Crippen LogP contribution in [0.25, 0.3) is 0 Å². The van der Waals surface area contributed by atoms with E-state index < -0.39 is 0 Å². The second-order valence-electron chi connectivity index (χ2n) is 9.79. The lowest BCUT2D eigenvalue weighted by Gasteiger charge is -1.82. The van der Waals surface area contributed by atoms with E-state index in [1.165, 1.54) is 11.1 Å². The topological polar surface area (TPSA) is 103 Å². The summed E-state index contributed by atoms with van der Waals surface area (Å²) < 4.78 is 0. The van der Waals surface area contributed by atoms with E-state index in [0.717, 1.165) is 22.9 Å². The first-order chi connectivity index (χ1) is 23.4. The predicted octanol–water partition coefficient (Wildman–Crippen LogP) is 8.82. The van der Waals surface area contributed by atoms with Gasteiger partial charge >= 0.3 is 0 Å². The Morgan fingerprint density at radius 3 is 1.02 bits per heavy atom. The van der Waals surface area contributed by atoms with Gasteiger partial charge < -0.3 is 0 Å². The molecule has 1 aromatic carbocycles. The summed E-state index contributed by atoms with van der Waals surface area (Å²) in [6.45, 7) is 11.8. The maximum atomic E-state index is 3.98. The summed E-state index contributed by atoms with van der Waals surface area (Å²) in [5.74, 6) is 0.822. The molecule has 0 radical (unpaired) electrons. The van der Waals surface area contributed by atoms with Gasteiger partial charge in [-0.15, -0.1) is 0 Å². The van der Waals surface area contributed by atoms with E-state index in [1.54, 1.807) is 68.0 Å². The van der Waals surface area contributed by atoms with E-state index in [-0.39, 0.29) is 0 Å². The molecule has 0 amide bonds. The molecule has 0 aliphatic rings. The first-order valence-corrected chi connectivity index (χ1v) is 15.3. The number of benzene rings is 1. The van der Waals surface area contributed by atoms with Crippen molar-refractivity contribution in [1.82, 2.24) is 39.9 Å². The number of aryl methyl sites for hydroxylation is 6. The first kappa shape index (κ1) is 40.0. The van der Waals surface area contributed by atoms with Gasteiger partial charge in [-0.05, 0) is 101 Å². The van der Waals surface area contributed by atoms with Crippen LogP contribution < -0.4 is 0 Å². The van der Waals surface area contributed by atoms with Crippen molar-refractivity contribution in [1.29, 1.82) is 0 Å². The van der Waals surface area contributed by atoms with E-state index in [9.17, 15) is 0 Å². The lowest BCUT2D eigenvalue weighted by Crippen LogP contribution is -1.80. The summed E-state index contributed by atoms with van der Waals surface area (Å²) in [4.78, 5) is 31.2.